The van der Waals surface area contributed by atoms with Crippen LogP contribution in [0.4, 0.5) is 8.78 Å². The third-order valence-electron chi connectivity index (χ3n) is 1.49. The first-order valence-electron chi connectivity index (χ1n) is 3.94. The summed E-state index contributed by atoms with van der Waals surface area (Å²) in [5, 5.41) is 10.1. The summed E-state index contributed by atoms with van der Waals surface area (Å²) in [4.78, 5) is 31.2. The largest absolute Gasteiger partial charge is 0.480 e. The number of nitrogens with one attached hydrogen (secondary N) is 1. The van der Waals surface area contributed by atoms with Crippen LogP contribution in [-0.4, -0.2) is 35.4 Å². The second-order valence-electron chi connectivity index (χ2n) is 2.71. The maximum absolute atomic E-state index is 11.8. The van der Waals surface area contributed by atoms with E-state index in [-0.39, 0.29) is 12.8 Å². The highest BCUT2D eigenvalue weighted by atomic mass is 19.3. The molecule has 0 aromatic rings. The smallest absolute Gasteiger partial charge is 0.326 e. The molecule has 15 heavy (non-hydrogen) atoms. The van der Waals surface area contributed by atoms with Crippen LogP contribution in [0.2, 0.25) is 0 Å². The quantitative estimate of drug-likeness (QED) is 0.542. The van der Waals surface area contributed by atoms with Crippen molar-refractivity contribution >= 4 is 17.8 Å². The molecule has 0 rings (SSSR count). The minimum atomic E-state index is -3.29. The Bertz CT molecular complexity index is 270. The Kier molecular flexibility index (Phi) is 5.21. The summed E-state index contributed by atoms with van der Waals surface area (Å²) in [6, 6.07) is -1.53. The van der Waals surface area contributed by atoms with Gasteiger partial charge in [-0.25, -0.2) is 4.79 Å². The van der Waals surface area contributed by atoms with Gasteiger partial charge >= 0.3 is 12.4 Å². The van der Waals surface area contributed by atoms with Gasteiger partial charge in [0.05, 0.1) is 0 Å². The molecule has 0 aromatic carbocycles. The lowest BCUT2D eigenvalue weighted by molar-refractivity contribution is -0.144. The van der Waals surface area contributed by atoms with Crippen molar-refractivity contribution in [2.45, 2.75) is 25.3 Å². The van der Waals surface area contributed by atoms with Crippen LogP contribution in [0.25, 0.3) is 0 Å². The van der Waals surface area contributed by atoms with Crippen molar-refractivity contribution in [1.29, 1.82) is 0 Å². The van der Waals surface area contributed by atoms with Crippen LogP contribution in [0.5, 0.6) is 0 Å². The zero-order valence-corrected chi connectivity index (χ0v) is 7.57. The van der Waals surface area contributed by atoms with Gasteiger partial charge in [0.25, 0.3) is 5.91 Å². The van der Waals surface area contributed by atoms with E-state index in [4.69, 9.17) is 10.8 Å². The van der Waals surface area contributed by atoms with E-state index in [2.05, 4.69) is 0 Å². The maximum atomic E-state index is 11.8. The van der Waals surface area contributed by atoms with E-state index in [0.29, 0.717) is 0 Å². The van der Waals surface area contributed by atoms with Gasteiger partial charge in [-0.1, -0.05) is 0 Å². The average molecular weight is 224 g/mol. The maximum Gasteiger partial charge on any atom is 0.326 e. The molecule has 4 N–H and O–H groups in total. The van der Waals surface area contributed by atoms with Crippen LogP contribution in [0, 0.1) is 0 Å². The molecule has 0 saturated heterocycles. The van der Waals surface area contributed by atoms with E-state index < -0.39 is 30.3 Å². The van der Waals surface area contributed by atoms with Crippen LogP contribution < -0.4 is 11.1 Å². The summed E-state index contributed by atoms with van der Waals surface area (Å²) < 4.78 is 23.5. The number of carbonyl (C=O) groups excluding carboxylic acids is 2. The lowest BCUT2D eigenvalue weighted by Gasteiger charge is -2.12. The van der Waals surface area contributed by atoms with Gasteiger partial charge in [0, 0.05) is 6.42 Å². The third-order valence-corrected chi connectivity index (χ3v) is 1.49. The molecule has 0 aliphatic carbocycles. The molecule has 1 unspecified atom stereocenters. The van der Waals surface area contributed by atoms with Gasteiger partial charge in [-0.15, -0.1) is 0 Å². The number of carboxylic acid groups (broad SMARTS) is 1. The number of primary amides is 1. The number of carbonyl (C=O) groups is 3. The minimum absolute atomic E-state index is 0.305. The molecule has 0 bridgehead atoms. The number of hydrogen-bond acceptors (Lipinski definition) is 3. The monoisotopic (exact) mass is 224 g/mol. The van der Waals surface area contributed by atoms with E-state index in [0.717, 1.165) is 0 Å². The Labute approximate surface area is 83.4 Å². The molecule has 2 amide bonds. The van der Waals surface area contributed by atoms with Crippen LogP contribution in [-0.2, 0) is 14.4 Å². The fraction of sp³-hybridized carbons (Fsp3) is 0.571. The number of aliphatic carboxylic acids is 1. The van der Waals surface area contributed by atoms with Crippen LogP contribution in [0.1, 0.15) is 12.8 Å². The van der Waals surface area contributed by atoms with Gasteiger partial charge in [-0.3, -0.25) is 9.59 Å². The Balaban J connectivity index is 4.22. The summed E-state index contributed by atoms with van der Waals surface area (Å²) in [6.45, 7) is 0. The van der Waals surface area contributed by atoms with Crippen molar-refractivity contribution in [1.82, 2.24) is 5.32 Å². The molecule has 6 nitrogen and oxygen atoms in total. The first-order chi connectivity index (χ1) is 6.84. The highest BCUT2D eigenvalue weighted by molar-refractivity contribution is 5.85. The normalized spacial score (nSPS) is 12.2. The SMILES string of the molecule is NC(=O)CCC(NC(=O)C(F)F)C(=O)O. The van der Waals surface area contributed by atoms with Crippen molar-refractivity contribution in [2.24, 2.45) is 5.73 Å². The first-order valence-corrected chi connectivity index (χ1v) is 3.94. The summed E-state index contributed by atoms with van der Waals surface area (Å²) in [6.07, 6.45) is -3.91. The molecule has 86 valence electrons. The molecule has 0 fully saturated rings. The lowest BCUT2D eigenvalue weighted by Crippen LogP contribution is -2.43. The minimum Gasteiger partial charge on any atom is -0.480 e. The molecule has 0 aliphatic rings. The highest BCUT2D eigenvalue weighted by Gasteiger charge is 2.24. The predicted molar refractivity (Wildman–Crippen MR) is 44.0 cm³/mol. The molecule has 1 atom stereocenters. The third kappa shape index (κ3) is 5.55. The number of halogens is 2. The molecule has 8 heteroatoms. The topological polar surface area (TPSA) is 109 Å². The van der Waals surface area contributed by atoms with Crippen LogP contribution in [0.15, 0.2) is 0 Å². The van der Waals surface area contributed by atoms with Gasteiger partial charge in [-0.2, -0.15) is 8.78 Å². The molecular weight excluding hydrogens is 214 g/mol. The zero-order valence-electron chi connectivity index (χ0n) is 7.57. The lowest BCUT2D eigenvalue weighted by atomic mass is 10.1. The predicted octanol–water partition coefficient (Wildman–Crippen LogP) is -0.914. The van der Waals surface area contributed by atoms with Crippen molar-refractivity contribution in [3.63, 3.8) is 0 Å². The summed E-state index contributed by atoms with van der Waals surface area (Å²) in [7, 11) is 0. The standard InChI is InChI=1S/C7H10F2N2O4/c8-5(9)6(13)11-3(7(14)15)1-2-4(10)12/h3,5H,1-2H2,(H2,10,12)(H,11,13)(H,14,15). The van der Waals surface area contributed by atoms with Crippen LogP contribution >= 0.6 is 0 Å². The molecule has 0 spiro atoms. The summed E-state index contributed by atoms with van der Waals surface area (Å²) >= 11 is 0. The number of carboxylic acids is 1. The number of amides is 2. The van der Waals surface area contributed by atoms with Gasteiger partial charge in [0.15, 0.2) is 0 Å². The van der Waals surface area contributed by atoms with E-state index in [1.807, 2.05) is 0 Å². The van der Waals surface area contributed by atoms with E-state index in [9.17, 15) is 23.2 Å². The van der Waals surface area contributed by atoms with Crippen molar-refractivity contribution in [3.05, 3.63) is 0 Å². The second-order valence-corrected chi connectivity index (χ2v) is 2.71. The Hall–Kier alpha value is -1.73. The van der Waals surface area contributed by atoms with Gasteiger partial charge in [-0.05, 0) is 6.42 Å². The summed E-state index contributed by atoms with van der Waals surface area (Å²) in [5.74, 6) is -3.95. The number of alkyl halides is 2. The zero-order chi connectivity index (χ0) is 12.0. The fourth-order valence-corrected chi connectivity index (χ4v) is 0.779. The fourth-order valence-electron chi connectivity index (χ4n) is 0.779. The van der Waals surface area contributed by atoms with Crippen LogP contribution in [0.3, 0.4) is 0 Å². The van der Waals surface area contributed by atoms with Crippen molar-refractivity contribution in [3.8, 4) is 0 Å². The van der Waals surface area contributed by atoms with Gasteiger partial charge < -0.3 is 16.2 Å². The van der Waals surface area contributed by atoms with Gasteiger partial charge in [0.2, 0.25) is 5.91 Å². The van der Waals surface area contributed by atoms with Gasteiger partial charge in [0.1, 0.15) is 6.04 Å². The molecular formula is C7H10F2N2O4. The molecule has 0 heterocycles. The van der Waals surface area contributed by atoms with Crippen molar-refractivity contribution in [2.75, 3.05) is 0 Å². The average Bonchev–Trinajstić information content (AvgIpc) is 2.10. The Morgan fingerprint density at radius 1 is 1.33 bits per heavy atom. The van der Waals surface area contributed by atoms with E-state index in [1.54, 1.807) is 5.32 Å². The highest BCUT2D eigenvalue weighted by Crippen LogP contribution is 2.00. The van der Waals surface area contributed by atoms with E-state index in [1.165, 1.54) is 0 Å². The number of hydrogen-bond donors (Lipinski definition) is 3. The number of rotatable bonds is 6. The molecule has 0 saturated carbocycles. The molecule has 0 aromatic heterocycles. The Morgan fingerprint density at radius 2 is 1.87 bits per heavy atom. The van der Waals surface area contributed by atoms with Crippen molar-refractivity contribution < 1.29 is 28.3 Å². The summed E-state index contributed by atoms with van der Waals surface area (Å²) in [5.41, 5.74) is 4.74. The Morgan fingerprint density at radius 3 is 2.20 bits per heavy atom. The first kappa shape index (κ1) is 13.3. The second kappa shape index (κ2) is 5.89. The molecule has 0 aliphatic heterocycles. The molecule has 0 radical (unpaired) electrons. The number of nitrogens with two attached hydrogens (primary N) is 1. The van der Waals surface area contributed by atoms with E-state index >= 15 is 0 Å².